The van der Waals surface area contributed by atoms with Crippen molar-refractivity contribution in [3.63, 3.8) is 0 Å². The van der Waals surface area contributed by atoms with E-state index in [9.17, 15) is 4.39 Å². The predicted molar refractivity (Wildman–Crippen MR) is 128 cm³/mol. The first kappa shape index (κ1) is 22.1. The number of ether oxygens (including phenoxy) is 1. The van der Waals surface area contributed by atoms with Crippen LogP contribution in [0.25, 0.3) is 22.6 Å². The molecule has 3 saturated heterocycles. The molecule has 7 heterocycles. The summed E-state index contributed by atoms with van der Waals surface area (Å²) in [5.41, 5.74) is 3.63. The number of hydrogen-bond donors (Lipinski definition) is 0. The molecule has 4 aromatic heterocycles. The summed E-state index contributed by atoms with van der Waals surface area (Å²) in [6, 6.07) is 1.74. The number of hydrogen-bond acceptors (Lipinski definition) is 7. The minimum absolute atomic E-state index is 0.306. The van der Waals surface area contributed by atoms with Crippen molar-refractivity contribution in [3.8, 4) is 17.4 Å². The van der Waals surface area contributed by atoms with Crippen molar-refractivity contribution in [3.05, 3.63) is 47.9 Å². The van der Waals surface area contributed by atoms with E-state index in [1.165, 1.54) is 44.7 Å². The molecule has 3 fully saturated rings. The van der Waals surface area contributed by atoms with Crippen molar-refractivity contribution >= 4 is 11.2 Å². The summed E-state index contributed by atoms with van der Waals surface area (Å²) in [5.74, 6) is 1.62. The number of aromatic nitrogens is 7. The van der Waals surface area contributed by atoms with E-state index in [0.29, 0.717) is 53.3 Å². The van der Waals surface area contributed by atoms with Crippen LogP contribution in [0.5, 0.6) is 6.01 Å². The van der Waals surface area contributed by atoms with Gasteiger partial charge in [0.25, 0.3) is 0 Å². The number of piperidine rings is 3. The van der Waals surface area contributed by atoms with Crippen LogP contribution in [0.15, 0.2) is 30.9 Å². The zero-order valence-electron chi connectivity index (χ0n) is 20.1. The van der Waals surface area contributed by atoms with Gasteiger partial charge >= 0.3 is 6.01 Å². The number of halogens is 1. The van der Waals surface area contributed by atoms with Gasteiger partial charge in [-0.25, -0.2) is 9.37 Å². The Labute approximate surface area is 203 Å². The van der Waals surface area contributed by atoms with Crippen LogP contribution < -0.4 is 4.74 Å². The molecule has 0 unspecified atom stereocenters. The molecule has 0 saturated carbocycles. The second kappa shape index (κ2) is 8.99. The molecule has 4 aromatic rings. The maximum Gasteiger partial charge on any atom is 0.318 e. The van der Waals surface area contributed by atoms with Crippen LogP contribution in [0.3, 0.4) is 0 Å². The molecule has 10 heteroatoms. The van der Waals surface area contributed by atoms with E-state index in [2.05, 4.69) is 35.8 Å². The Morgan fingerprint density at radius 2 is 1.97 bits per heavy atom. The van der Waals surface area contributed by atoms with Crippen molar-refractivity contribution in [2.24, 2.45) is 11.8 Å². The van der Waals surface area contributed by atoms with Gasteiger partial charge in [0.05, 0.1) is 31.2 Å². The largest absolute Gasteiger partial charge is 0.464 e. The molecule has 1 atom stereocenters. The van der Waals surface area contributed by atoms with Gasteiger partial charge in [-0.2, -0.15) is 15.1 Å². The second-order valence-electron chi connectivity index (χ2n) is 9.58. The number of pyridine rings is 1. The van der Waals surface area contributed by atoms with Crippen molar-refractivity contribution in [2.45, 2.75) is 39.8 Å². The Hall–Kier alpha value is -3.40. The molecule has 7 rings (SSSR count). The highest BCUT2D eigenvalue weighted by Crippen LogP contribution is 2.33. The molecule has 9 nitrogen and oxygen atoms in total. The van der Waals surface area contributed by atoms with E-state index >= 15 is 0 Å². The zero-order chi connectivity index (χ0) is 23.9. The van der Waals surface area contributed by atoms with Gasteiger partial charge in [0.15, 0.2) is 5.65 Å². The van der Waals surface area contributed by atoms with Crippen molar-refractivity contribution in [1.82, 2.24) is 39.2 Å². The zero-order valence-corrected chi connectivity index (χ0v) is 20.1. The van der Waals surface area contributed by atoms with E-state index in [0.717, 1.165) is 18.0 Å². The van der Waals surface area contributed by atoms with Crippen LogP contribution in [-0.4, -0.2) is 65.4 Å². The summed E-state index contributed by atoms with van der Waals surface area (Å²) >= 11 is 0. The summed E-state index contributed by atoms with van der Waals surface area (Å²) in [5, 5.41) is 4.67. The lowest BCUT2D eigenvalue weighted by molar-refractivity contribution is 0.0405. The van der Waals surface area contributed by atoms with Crippen LogP contribution in [-0.2, 0) is 13.1 Å². The number of imidazole rings is 1. The highest BCUT2D eigenvalue weighted by Gasteiger charge is 2.34. The molecule has 0 N–H and O–H groups in total. The predicted octanol–water partition coefficient (Wildman–Crippen LogP) is 3.32. The molecule has 35 heavy (non-hydrogen) atoms. The van der Waals surface area contributed by atoms with Crippen LogP contribution in [0.2, 0.25) is 0 Å². The molecular formula is C25H29FN8O. The lowest BCUT2D eigenvalue weighted by Crippen LogP contribution is -2.48. The van der Waals surface area contributed by atoms with Gasteiger partial charge < -0.3 is 14.2 Å². The quantitative estimate of drug-likeness (QED) is 0.404. The molecule has 3 aliphatic rings. The summed E-state index contributed by atoms with van der Waals surface area (Å²) < 4.78 is 23.7. The number of fused-ring (bicyclic) bond motifs is 4. The molecule has 0 radical (unpaired) electrons. The third-order valence-corrected chi connectivity index (χ3v) is 7.23. The molecule has 182 valence electrons. The van der Waals surface area contributed by atoms with Crippen LogP contribution in [0.1, 0.15) is 31.0 Å². The number of rotatable bonds is 7. The van der Waals surface area contributed by atoms with Gasteiger partial charge in [-0.05, 0) is 57.7 Å². The average Bonchev–Trinajstić information content (AvgIpc) is 3.45. The number of nitrogens with zero attached hydrogens (tertiary/aromatic N) is 8. The minimum Gasteiger partial charge on any atom is -0.464 e. The van der Waals surface area contributed by atoms with E-state index < -0.39 is 5.82 Å². The normalized spacial score (nSPS) is 21.6. The highest BCUT2D eigenvalue weighted by atomic mass is 19.1. The van der Waals surface area contributed by atoms with E-state index in [1.807, 2.05) is 24.6 Å². The van der Waals surface area contributed by atoms with Gasteiger partial charge in [0.2, 0.25) is 0 Å². The number of aryl methyl sites for hydroxylation is 1. The molecule has 0 spiro atoms. The van der Waals surface area contributed by atoms with Crippen LogP contribution in [0.4, 0.5) is 4.39 Å². The van der Waals surface area contributed by atoms with Crippen molar-refractivity contribution in [1.29, 1.82) is 0 Å². The monoisotopic (exact) mass is 476 g/mol. The summed E-state index contributed by atoms with van der Waals surface area (Å²) in [6.45, 7) is 9.30. The molecule has 0 aromatic carbocycles. The molecule has 0 amide bonds. The third-order valence-electron chi connectivity index (χ3n) is 7.23. The maximum absolute atomic E-state index is 14.0. The van der Waals surface area contributed by atoms with Crippen LogP contribution >= 0.6 is 0 Å². The average molecular weight is 477 g/mol. The van der Waals surface area contributed by atoms with Gasteiger partial charge in [-0.1, -0.05) is 0 Å². The minimum atomic E-state index is -0.413. The SMILES string of the molecule is CCOc1nc(C)c2nc(-c3cncc(F)c3)n(Cc3cnn(C[C@H]4CN5CCC4CC5)c3)c2n1. The third kappa shape index (κ3) is 4.27. The van der Waals surface area contributed by atoms with Crippen molar-refractivity contribution in [2.75, 3.05) is 26.2 Å². The molecular weight excluding hydrogens is 447 g/mol. The van der Waals surface area contributed by atoms with Gasteiger partial charge in [0.1, 0.15) is 17.2 Å². The fraction of sp³-hybridized carbons (Fsp3) is 0.480. The molecule has 2 bridgehead atoms. The first-order valence-electron chi connectivity index (χ1n) is 12.3. The topological polar surface area (TPSA) is 86.8 Å². The van der Waals surface area contributed by atoms with E-state index in [-0.39, 0.29) is 0 Å². The Kier molecular flexibility index (Phi) is 5.68. The fourth-order valence-corrected chi connectivity index (χ4v) is 5.52. The van der Waals surface area contributed by atoms with Gasteiger partial charge in [-0.15, -0.1) is 0 Å². The summed E-state index contributed by atoms with van der Waals surface area (Å²) in [7, 11) is 0. The Morgan fingerprint density at radius 1 is 1.11 bits per heavy atom. The lowest BCUT2D eigenvalue weighted by Gasteiger charge is -2.44. The summed E-state index contributed by atoms with van der Waals surface area (Å²) in [4.78, 5) is 20.5. The van der Waals surface area contributed by atoms with E-state index in [4.69, 9.17) is 9.72 Å². The standard InChI is InChI=1S/C25H29FN8O/c1-3-35-25-29-16(2)22-24(31-25)34(23(30-22)19-8-21(26)11-27-10-19)13-17-9-28-33(12-17)15-20-14-32-6-4-18(20)5-7-32/h8-12,18,20H,3-7,13-15H2,1-2H3/t20-/m1/s1. The second-order valence-corrected chi connectivity index (χ2v) is 9.58. The first-order chi connectivity index (χ1) is 17.1. The lowest BCUT2D eigenvalue weighted by atomic mass is 9.79. The maximum atomic E-state index is 14.0. The highest BCUT2D eigenvalue weighted by molar-refractivity contribution is 5.79. The smallest absolute Gasteiger partial charge is 0.318 e. The Morgan fingerprint density at radius 3 is 2.71 bits per heavy atom. The van der Waals surface area contributed by atoms with Gasteiger partial charge in [-0.3, -0.25) is 9.67 Å². The fourth-order valence-electron chi connectivity index (χ4n) is 5.52. The van der Waals surface area contributed by atoms with Gasteiger partial charge in [0, 0.05) is 36.6 Å². The van der Waals surface area contributed by atoms with Crippen LogP contribution in [0, 0.1) is 24.6 Å². The van der Waals surface area contributed by atoms with Crippen molar-refractivity contribution < 1.29 is 9.13 Å². The summed E-state index contributed by atoms with van der Waals surface area (Å²) in [6.07, 6.45) is 9.40. The first-order valence-corrected chi connectivity index (χ1v) is 12.3. The molecule has 0 aliphatic carbocycles. The van der Waals surface area contributed by atoms with E-state index in [1.54, 1.807) is 6.20 Å². The Bertz CT molecular complexity index is 1360. The molecule has 3 aliphatic heterocycles. The Balaban J connectivity index is 1.35.